The van der Waals surface area contributed by atoms with Crippen LogP contribution in [0.25, 0.3) is 0 Å². The zero-order valence-electron chi connectivity index (χ0n) is 55.5. The molecule has 0 amide bonds. The van der Waals surface area contributed by atoms with E-state index in [4.69, 9.17) is 0 Å². The molecule has 1 saturated heterocycles. The summed E-state index contributed by atoms with van der Waals surface area (Å²) < 4.78 is 4.08. The van der Waals surface area contributed by atoms with E-state index in [2.05, 4.69) is 124 Å². The van der Waals surface area contributed by atoms with Gasteiger partial charge in [-0.25, -0.2) is 19.3 Å². The number of aryl methyl sites for hydroxylation is 7. The van der Waals surface area contributed by atoms with Gasteiger partial charge in [0.15, 0.2) is 17.3 Å². The Kier molecular flexibility index (Phi) is 57.6. The number of ketones is 3. The van der Waals surface area contributed by atoms with Crippen LogP contribution >= 0.6 is 0 Å². The summed E-state index contributed by atoms with van der Waals surface area (Å²) in [5.41, 5.74) is 18.9. The van der Waals surface area contributed by atoms with Crippen molar-refractivity contribution in [3.05, 3.63) is 251 Å². The van der Waals surface area contributed by atoms with Crippen LogP contribution in [0.2, 0.25) is 0 Å². The third-order valence-electron chi connectivity index (χ3n) is 13.6. The zero-order chi connectivity index (χ0) is 63.7. The van der Waals surface area contributed by atoms with Gasteiger partial charge in [0.1, 0.15) is 6.29 Å². The van der Waals surface area contributed by atoms with Gasteiger partial charge in [0, 0.05) is 135 Å². The monoisotopic (exact) mass is 1430 g/mol. The Morgan fingerprint density at radius 2 is 0.830 bits per heavy atom. The first-order valence-corrected chi connectivity index (χ1v) is 29.7. The Hall–Kier alpha value is -4.02. The summed E-state index contributed by atoms with van der Waals surface area (Å²) in [6.45, 7) is 47.8. The second-order valence-corrected chi connectivity index (χ2v) is 20.8. The molecule has 0 bridgehead atoms. The van der Waals surface area contributed by atoms with Crippen LogP contribution in [0, 0.1) is 90.0 Å². The van der Waals surface area contributed by atoms with Crippen molar-refractivity contribution in [2.75, 3.05) is 0 Å². The number of unbranched alkanes of at least 4 members (excludes halogenated alkanes) is 1. The van der Waals surface area contributed by atoms with Gasteiger partial charge in [-0.05, 0) is 137 Å². The number of carbonyl (C=O) groups is 6. The molecule has 1 heterocycles. The second-order valence-electron chi connectivity index (χ2n) is 20.8. The fraction of sp³-hybridized carbons (Fsp3) is 0.368. The molecule has 6 aromatic carbocycles. The smallest absolute Gasteiger partial charge is 0.314 e. The van der Waals surface area contributed by atoms with Gasteiger partial charge in [0.2, 0.25) is 0 Å². The van der Waals surface area contributed by atoms with Gasteiger partial charge in [-0.3, -0.25) is 24.0 Å². The van der Waals surface area contributed by atoms with E-state index in [-0.39, 0.29) is 140 Å². The van der Waals surface area contributed by atoms with Crippen molar-refractivity contribution in [1.29, 1.82) is 0 Å². The van der Waals surface area contributed by atoms with Crippen molar-refractivity contribution < 1.29 is 142 Å². The Balaban J connectivity index is -0.000000301. The minimum Gasteiger partial charge on any atom is -0.412 e. The molecule has 475 valence electrons. The van der Waals surface area contributed by atoms with Crippen molar-refractivity contribution in [2.45, 2.75) is 186 Å². The molecule has 3 radical (unpaired) electrons. The Morgan fingerprint density at radius 1 is 0.477 bits per heavy atom. The van der Waals surface area contributed by atoms with E-state index < -0.39 is 11.9 Å². The first-order chi connectivity index (χ1) is 39.9. The van der Waals surface area contributed by atoms with Gasteiger partial charge in [0.05, 0.1) is 18.9 Å². The van der Waals surface area contributed by atoms with E-state index in [9.17, 15) is 33.9 Å². The SMILES string of the molecule is CCCC(=O)c1ccc(C)c(C)c1.CCCC(=O)c1ccc(C)c(C)c1.CCCC=O.Cc1ccccc1C.O.O=C1CCC(=O)O1.[CH2-]Cc1cc(C(=O)CCC)ccc1[CH2-].[CH2-]Cc1cc(C(O)CCC)ccc1[CH2-].[CH2-]Cc1cc(C)ccc1[CH2-].[Y].[Y].[Y]. The van der Waals surface area contributed by atoms with E-state index in [1.54, 1.807) is 0 Å². The normalized spacial score (nSPS) is 10.6. The van der Waals surface area contributed by atoms with Crippen LogP contribution in [-0.4, -0.2) is 46.2 Å². The number of aldehydes is 1. The summed E-state index contributed by atoms with van der Waals surface area (Å²) in [4.78, 5) is 64.0. The summed E-state index contributed by atoms with van der Waals surface area (Å²) in [6.07, 6.45) is 11.5. The largest absolute Gasteiger partial charge is 0.412 e. The van der Waals surface area contributed by atoms with Crippen LogP contribution in [0.5, 0.6) is 0 Å². The maximum Gasteiger partial charge on any atom is 0.314 e. The van der Waals surface area contributed by atoms with E-state index in [1.807, 2.05) is 120 Å². The molecule has 9 nitrogen and oxygen atoms in total. The van der Waals surface area contributed by atoms with Crippen LogP contribution in [0.3, 0.4) is 0 Å². The van der Waals surface area contributed by atoms with Crippen LogP contribution in [0.15, 0.2) is 115 Å². The Morgan fingerprint density at radius 3 is 1.14 bits per heavy atom. The first-order valence-electron chi connectivity index (χ1n) is 29.7. The molecular formula is C76H102O9Y3-6. The van der Waals surface area contributed by atoms with E-state index in [0.717, 1.165) is 108 Å². The average molecular weight is 1430 g/mol. The topological polar surface area (TPSA) is 163 Å². The van der Waals surface area contributed by atoms with Crippen LogP contribution < -0.4 is 0 Å². The molecule has 12 heteroatoms. The molecule has 3 N–H and O–H groups in total. The van der Waals surface area contributed by atoms with Gasteiger partial charge in [-0.15, -0.1) is 36.4 Å². The number of hydrogen-bond donors (Lipinski definition) is 1. The number of esters is 2. The van der Waals surface area contributed by atoms with Crippen molar-refractivity contribution >= 4 is 35.6 Å². The number of carbonyl (C=O) groups excluding carboxylic acids is 6. The molecule has 0 spiro atoms. The number of ether oxygens (including phenoxy) is 1. The summed E-state index contributed by atoms with van der Waals surface area (Å²) in [5.74, 6) is -0.0756. The van der Waals surface area contributed by atoms with Crippen molar-refractivity contribution in [2.24, 2.45) is 0 Å². The Labute approximate surface area is 608 Å². The fourth-order valence-electron chi connectivity index (χ4n) is 7.70. The third-order valence-corrected chi connectivity index (χ3v) is 13.6. The number of aliphatic hydroxyl groups is 1. The zero-order valence-corrected chi connectivity index (χ0v) is 64.0. The predicted octanol–water partition coefficient (Wildman–Crippen LogP) is 17.7. The number of cyclic esters (lactones) is 2. The van der Waals surface area contributed by atoms with Crippen molar-refractivity contribution in [3.63, 3.8) is 0 Å². The summed E-state index contributed by atoms with van der Waals surface area (Å²) in [6, 6.07) is 38.0. The van der Waals surface area contributed by atoms with Gasteiger partial charge in [-0.1, -0.05) is 95.1 Å². The second kappa shape index (κ2) is 54.7. The molecule has 88 heavy (non-hydrogen) atoms. The molecule has 1 atom stereocenters. The van der Waals surface area contributed by atoms with Crippen molar-refractivity contribution in [1.82, 2.24) is 0 Å². The number of rotatable bonds is 17. The predicted molar refractivity (Wildman–Crippen MR) is 355 cm³/mol. The van der Waals surface area contributed by atoms with Crippen LogP contribution in [0.4, 0.5) is 0 Å². The van der Waals surface area contributed by atoms with E-state index in [0.29, 0.717) is 32.1 Å². The first kappa shape index (κ1) is 92.7. The standard InChI is InChI=1S/C13H18O.C13H16O.2C12H16O.C10H12.C8H10.C4H4O3.C4H8O.H2O.3Y/c2*1-4-6-13(14)12-8-7-10(3)11(5-2)9-12;2*1-4-5-12(13)11-7-6-9(2)10(3)8-11;1-4-10-7-8(2)5-6-9(10)3;1-7-5-3-4-6-8(7)2;5-3-1-2-4(6)7-3;1-2-3-4-5;;;;/h7-9,13-14H,2-6H2,1H3;7-9H,2-6H2,1H3;2*6-8H,4-5H2,1-3H3;5-7H,1,3-4H2,2H3;3-6H,1-2H3;1-2H2;4H,2-3H2,1H3;1H2;;;/q2*-2;;;-2;;;;;;;. The molecular weight excluding hydrogens is 1320 g/mol. The number of hydrogen-bond acceptors (Lipinski definition) is 8. The van der Waals surface area contributed by atoms with Gasteiger partial charge in [-0.2, -0.15) is 72.4 Å². The Bertz CT molecular complexity index is 2840. The van der Waals surface area contributed by atoms with E-state index >= 15 is 0 Å². The molecule has 6 aromatic rings. The minimum absolute atomic E-state index is 0. The number of benzene rings is 6. The van der Waals surface area contributed by atoms with Gasteiger partial charge in [0.25, 0.3) is 0 Å². The van der Waals surface area contributed by atoms with Gasteiger partial charge >= 0.3 is 11.9 Å². The molecule has 1 fully saturated rings. The average Bonchev–Trinajstić information content (AvgIpc) is 4.03. The number of Topliss-reactive ketones (excluding diaryl/α,β-unsaturated/α-hetero) is 3. The van der Waals surface area contributed by atoms with Crippen molar-refractivity contribution in [3.8, 4) is 0 Å². The maximum atomic E-state index is 11.6. The molecule has 7 rings (SSSR count). The maximum absolute atomic E-state index is 11.6. The third kappa shape index (κ3) is 39.3. The molecule has 0 aromatic heterocycles. The van der Waals surface area contributed by atoms with Gasteiger partial charge < -0.3 is 40.9 Å². The number of aliphatic hydroxyl groups excluding tert-OH is 1. The molecule has 0 saturated carbocycles. The van der Waals surface area contributed by atoms with Crippen LogP contribution in [0.1, 0.15) is 227 Å². The molecule has 1 aliphatic rings. The quantitative estimate of drug-likeness (QED) is 0.0310. The van der Waals surface area contributed by atoms with E-state index in [1.165, 1.54) is 44.5 Å². The molecule has 0 aliphatic carbocycles. The molecule has 1 unspecified atom stereocenters. The summed E-state index contributed by atoms with van der Waals surface area (Å²) >= 11 is 0. The minimum atomic E-state index is -0.398. The van der Waals surface area contributed by atoms with Crippen LogP contribution in [-0.2, 0) is 137 Å². The summed E-state index contributed by atoms with van der Waals surface area (Å²) in [5, 5.41) is 9.79. The molecule has 1 aliphatic heterocycles. The summed E-state index contributed by atoms with van der Waals surface area (Å²) in [7, 11) is 0. The fourth-order valence-corrected chi connectivity index (χ4v) is 7.70.